The first-order valence-corrected chi connectivity index (χ1v) is 10.2. The van der Waals surface area contributed by atoms with Crippen LogP contribution in [-0.4, -0.2) is 63.4 Å². The van der Waals surface area contributed by atoms with E-state index < -0.39 is 24.1 Å². The van der Waals surface area contributed by atoms with Gasteiger partial charge in [-0.2, -0.15) is 0 Å². The van der Waals surface area contributed by atoms with Crippen LogP contribution in [-0.2, 0) is 30.2 Å². The van der Waals surface area contributed by atoms with Crippen molar-refractivity contribution < 1.29 is 28.6 Å². The molecule has 0 saturated carbocycles. The number of hydrogen-bond acceptors (Lipinski definition) is 6. The van der Waals surface area contributed by atoms with E-state index in [-0.39, 0.29) is 24.9 Å². The van der Waals surface area contributed by atoms with Crippen molar-refractivity contribution in [2.75, 3.05) is 33.5 Å². The standard InChI is InChI=1S/C22H34N2O6/c1-16(2)14-20(24-22(27)30-13-12-29-11-10-28-4)21(26)23-19(17(3)25)15-18-8-6-5-7-9-18/h5-9,16,19-20H,10-15H2,1-4H3,(H,23,26)(H,24,27). The van der Waals surface area contributed by atoms with Crippen LogP contribution in [0.15, 0.2) is 30.3 Å². The summed E-state index contributed by atoms with van der Waals surface area (Å²) < 4.78 is 15.2. The quantitative estimate of drug-likeness (QED) is 0.445. The fourth-order valence-electron chi connectivity index (χ4n) is 2.74. The maximum atomic E-state index is 12.8. The Balaban J connectivity index is 2.61. The Morgan fingerprint density at radius 3 is 2.20 bits per heavy atom. The largest absolute Gasteiger partial charge is 0.447 e. The predicted octanol–water partition coefficient (Wildman–Crippen LogP) is 2.11. The molecule has 8 nitrogen and oxygen atoms in total. The Labute approximate surface area is 178 Å². The first-order valence-electron chi connectivity index (χ1n) is 10.2. The molecule has 0 aliphatic rings. The number of rotatable bonds is 14. The molecule has 0 radical (unpaired) electrons. The number of carbonyl (C=O) groups is 3. The Kier molecular flexibility index (Phi) is 12.4. The van der Waals surface area contributed by atoms with Gasteiger partial charge in [-0.15, -0.1) is 0 Å². The van der Waals surface area contributed by atoms with Crippen molar-refractivity contribution >= 4 is 17.8 Å². The highest BCUT2D eigenvalue weighted by Gasteiger charge is 2.26. The smallest absolute Gasteiger partial charge is 0.407 e. The molecule has 0 fully saturated rings. The van der Waals surface area contributed by atoms with Crippen molar-refractivity contribution in [3.63, 3.8) is 0 Å². The summed E-state index contributed by atoms with van der Waals surface area (Å²) in [6.07, 6.45) is 0.106. The Hall–Kier alpha value is -2.45. The molecule has 2 unspecified atom stereocenters. The van der Waals surface area contributed by atoms with Crippen LogP contribution in [0, 0.1) is 5.92 Å². The van der Waals surface area contributed by atoms with Gasteiger partial charge in [0.25, 0.3) is 0 Å². The van der Waals surface area contributed by atoms with Gasteiger partial charge in [0.05, 0.1) is 25.9 Å². The molecule has 0 saturated heterocycles. The second-order valence-corrected chi connectivity index (χ2v) is 7.43. The van der Waals surface area contributed by atoms with Gasteiger partial charge < -0.3 is 24.8 Å². The highest BCUT2D eigenvalue weighted by Crippen LogP contribution is 2.08. The van der Waals surface area contributed by atoms with E-state index in [9.17, 15) is 14.4 Å². The second-order valence-electron chi connectivity index (χ2n) is 7.43. The number of Topliss-reactive ketones (excluding diaryl/α,β-unsaturated/α-hetero) is 1. The van der Waals surface area contributed by atoms with Crippen LogP contribution >= 0.6 is 0 Å². The highest BCUT2D eigenvalue weighted by molar-refractivity contribution is 5.91. The highest BCUT2D eigenvalue weighted by atomic mass is 16.6. The van der Waals surface area contributed by atoms with Crippen LogP contribution in [0.5, 0.6) is 0 Å². The maximum absolute atomic E-state index is 12.8. The van der Waals surface area contributed by atoms with Crippen LogP contribution in [0.3, 0.4) is 0 Å². The van der Waals surface area contributed by atoms with Crippen molar-refractivity contribution in [1.29, 1.82) is 0 Å². The molecule has 0 bridgehead atoms. The number of ketones is 1. The molecule has 0 heterocycles. The van der Waals surface area contributed by atoms with E-state index in [1.165, 1.54) is 6.92 Å². The summed E-state index contributed by atoms with van der Waals surface area (Å²) in [5.41, 5.74) is 0.944. The number of carbonyl (C=O) groups excluding carboxylic acids is 3. The summed E-state index contributed by atoms with van der Waals surface area (Å²) in [5.74, 6) is -0.400. The van der Waals surface area contributed by atoms with Crippen molar-refractivity contribution in [3.8, 4) is 0 Å². The molecule has 2 N–H and O–H groups in total. The zero-order valence-electron chi connectivity index (χ0n) is 18.3. The molecule has 0 aliphatic carbocycles. The summed E-state index contributed by atoms with van der Waals surface area (Å²) in [6.45, 7) is 6.51. The topological polar surface area (TPSA) is 103 Å². The molecule has 1 aromatic rings. The molecule has 0 aromatic heterocycles. The molecule has 1 rings (SSSR count). The third-order valence-electron chi connectivity index (χ3n) is 4.30. The fraction of sp³-hybridized carbons (Fsp3) is 0.591. The maximum Gasteiger partial charge on any atom is 0.407 e. The molecular weight excluding hydrogens is 388 g/mol. The van der Waals surface area contributed by atoms with E-state index >= 15 is 0 Å². The first kappa shape index (κ1) is 25.6. The van der Waals surface area contributed by atoms with Crippen LogP contribution in [0.2, 0.25) is 0 Å². The van der Waals surface area contributed by atoms with Crippen molar-refractivity contribution in [1.82, 2.24) is 10.6 Å². The van der Waals surface area contributed by atoms with E-state index in [2.05, 4.69) is 10.6 Å². The Morgan fingerprint density at radius 2 is 1.60 bits per heavy atom. The lowest BCUT2D eigenvalue weighted by atomic mass is 10.00. The third-order valence-corrected chi connectivity index (χ3v) is 4.30. The van der Waals surface area contributed by atoms with E-state index in [4.69, 9.17) is 14.2 Å². The minimum absolute atomic E-state index is 0.0651. The minimum atomic E-state index is -0.801. The normalized spacial score (nSPS) is 12.8. The van der Waals surface area contributed by atoms with Crippen LogP contribution in [0.4, 0.5) is 4.79 Å². The van der Waals surface area contributed by atoms with Crippen molar-refractivity contribution in [3.05, 3.63) is 35.9 Å². The SMILES string of the molecule is COCCOCCOC(=O)NC(CC(C)C)C(=O)NC(Cc1ccccc1)C(C)=O. The van der Waals surface area contributed by atoms with E-state index in [0.29, 0.717) is 26.1 Å². The van der Waals surface area contributed by atoms with Gasteiger partial charge in [-0.3, -0.25) is 9.59 Å². The molecule has 0 spiro atoms. The Bertz CT molecular complexity index is 650. The zero-order chi connectivity index (χ0) is 22.4. The molecule has 168 valence electrons. The minimum Gasteiger partial charge on any atom is -0.447 e. The van der Waals surface area contributed by atoms with Gasteiger partial charge in [0, 0.05) is 7.11 Å². The Morgan fingerprint density at radius 1 is 0.933 bits per heavy atom. The van der Waals surface area contributed by atoms with E-state index in [1.54, 1.807) is 7.11 Å². The van der Waals surface area contributed by atoms with Crippen LogP contribution < -0.4 is 10.6 Å². The number of amides is 2. The molecular formula is C22H34N2O6. The lowest BCUT2D eigenvalue weighted by Crippen LogP contribution is -2.52. The average Bonchev–Trinajstić information content (AvgIpc) is 2.70. The summed E-state index contributed by atoms with van der Waals surface area (Å²) in [5, 5.41) is 5.36. The molecule has 0 aliphatic heterocycles. The fourth-order valence-corrected chi connectivity index (χ4v) is 2.74. The van der Waals surface area contributed by atoms with E-state index in [1.807, 2.05) is 44.2 Å². The summed E-state index contributed by atoms with van der Waals surface area (Å²) >= 11 is 0. The molecule has 2 atom stereocenters. The summed E-state index contributed by atoms with van der Waals surface area (Å²) in [7, 11) is 1.57. The number of hydrogen-bond donors (Lipinski definition) is 2. The predicted molar refractivity (Wildman–Crippen MR) is 113 cm³/mol. The molecule has 1 aromatic carbocycles. The number of benzene rings is 1. The van der Waals surface area contributed by atoms with Crippen molar-refractivity contribution in [2.24, 2.45) is 5.92 Å². The van der Waals surface area contributed by atoms with Gasteiger partial charge in [-0.05, 0) is 31.2 Å². The van der Waals surface area contributed by atoms with Gasteiger partial charge in [0.1, 0.15) is 12.6 Å². The van der Waals surface area contributed by atoms with Gasteiger partial charge in [0.2, 0.25) is 5.91 Å². The first-order chi connectivity index (χ1) is 14.3. The molecule has 2 amide bonds. The van der Waals surface area contributed by atoms with Crippen LogP contribution in [0.25, 0.3) is 0 Å². The molecule has 30 heavy (non-hydrogen) atoms. The molecule has 8 heteroatoms. The summed E-state index contributed by atoms with van der Waals surface area (Å²) in [6, 6.07) is 7.99. The number of ether oxygens (including phenoxy) is 3. The van der Waals surface area contributed by atoms with Gasteiger partial charge in [-0.25, -0.2) is 4.79 Å². The average molecular weight is 423 g/mol. The van der Waals surface area contributed by atoms with E-state index in [0.717, 1.165) is 5.56 Å². The summed E-state index contributed by atoms with van der Waals surface area (Å²) in [4.78, 5) is 36.9. The second kappa shape index (κ2) is 14.5. The van der Waals surface area contributed by atoms with Gasteiger partial charge in [-0.1, -0.05) is 44.2 Å². The van der Waals surface area contributed by atoms with Gasteiger partial charge in [0.15, 0.2) is 5.78 Å². The lowest BCUT2D eigenvalue weighted by molar-refractivity contribution is -0.128. The third kappa shape index (κ3) is 10.9. The zero-order valence-corrected chi connectivity index (χ0v) is 18.3. The number of nitrogens with one attached hydrogen (secondary N) is 2. The lowest BCUT2D eigenvalue weighted by Gasteiger charge is -2.23. The van der Waals surface area contributed by atoms with Gasteiger partial charge >= 0.3 is 6.09 Å². The van der Waals surface area contributed by atoms with Crippen LogP contribution in [0.1, 0.15) is 32.8 Å². The number of methoxy groups -OCH3 is 1. The number of alkyl carbamates (subject to hydrolysis) is 1. The monoisotopic (exact) mass is 422 g/mol. The van der Waals surface area contributed by atoms with Crippen molar-refractivity contribution in [2.45, 2.75) is 45.7 Å².